The zero-order valence-corrected chi connectivity index (χ0v) is 16.8. The first-order chi connectivity index (χ1) is 14.2. The lowest BCUT2D eigenvalue weighted by atomic mass is 10.0. The minimum atomic E-state index is -0.716. The lowest BCUT2D eigenvalue weighted by Crippen LogP contribution is -2.46. The normalized spacial score (nSPS) is 14.8. The molecule has 1 aromatic heterocycles. The van der Waals surface area contributed by atoms with Crippen molar-refractivity contribution in [2.24, 2.45) is 0 Å². The van der Waals surface area contributed by atoms with Gasteiger partial charge in [0.15, 0.2) is 0 Å². The van der Waals surface area contributed by atoms with Gasteiger partial charge in [-0.2, -0.15) is 0 Å². The Morgan fingerprint density at radius 1 is 1.13 bits per heavy atom. The molecule has 0 spiro atoms. The fraction of sp³-hybridized carbons (Fsp3) is 0.174. The van der Waals surface area contributed by atoms with Crippen LogP contribution in [-0.2, 0) is 9.53 Å². The molecule has 0 radical (unpaired) electrons. The van der Waals surface area contributed by atoms with Gasteiger partial charge in [0.2, 0.25) is 0 Å². The predicted molar refractivity (Wildman–Crippen MR) is 115 cm³/mol. The zero-order chi connectivity index (χ0) is 21.5. The van der Waals surface area contributed by atoms with E-state index in [9.17, 15) is 14.7 Å². The summed E-state index contributed by atoms with van der Waals surface area (Å²) in [6.07, 6.45) is 2.62. The number of carbonyl (C=O) groups excluding carboxylic acids is 2. The van der Waals surface area contributed by atoms with E-state index in [1.165, 1.54) is 5.01 Å². The number of carbonyl (C=O) groups is 2. The van der Waals surface area contributed by atoms with E-state index in [1.54, 1.807) is 63.4 Å². The van der Waals surface area contributed by atoms with E-state index in [-0.39, 0.29) is 11.7 Å². The first kappa shape index (κ1) is 19.4. The van der Waals surface area contributed by atoms with Crippen LogP contribution in [-0.4, -0.2) is 27.7 Å². The molecule has 3 aromatic rings. The topological polar surface area (TPSA) is 91.8 Å². The molecule has 0 fully saturated rings. The minimum absolute atomic E-state index is 0.0686. The third kappa shape index (κ3) is 3.57. The smallest absolute Gasteiger partial charge is 0.427 e. The number of benzene rings is 2. The van der Waals surface area contributed by atoms with Gasteiger partial charge in [0.05, 0.1) is 11.3 Å². The van der Waals surface area contributed by atoms with Crippen LogP contribution >= 0.6 is 0 Å². The Labute approximate surface area is 173 Å². The van der Waals surface area contributed by atoms with E-state index < -0.39 is 11.7 Å². The predicted octanol–water partition coefficient (Wildman–Crippen LogP) is 4.27. The molecule has 0 unspecified atom stereocenters. The number of phenols is 1. The number of rotatable bonds is 2. The Morgan fingerprint density at radius 3 is 2.67 bits per heavy atom. The maximum atomic E-state index is 13.2. The summed E-state index contributed by atoms with van der Waals surface area (Å²) in [4.78, 5) is 29.7. The second kappa shape index (κ2) is 7.18. The SMILES string of the molecule is CC(C)(C)OC(=O)NN1C(=O)C(=Cc2ccc(O)c3ncccc23)c2ccccc21. The van der Waals surface area contributed by atoms with Crippen LogP contribution in [0.2, 0.25) is 0 Å². The van der Waals surface area contributed by atoms with Gasteiger partial charge < -0.3 is 9.84 Å². The van der Waals surface area contributed by atoms with Crippen LogP contribution in [0.15, 0.2) is 54.7 Å². The van der Waals surface area contributed by atoms with Crippen molar-refractivity contribution in [3.8, 4) is 5.75 Å². The first-order valence-electron chi connectivity index (χ1n) is 9.46. The third-order valence-electron chi connectivity index (χ3n) is 4.55. The number of ether oxygens (including phenoxy) is 1. The van der Waals surface area contributed by atoms with Crippen molar-refractivity contribution in [2.45, 2.75) is 26.4 Å². The fourth-order valence-electron chi connectivity index (χ4n) is 3.35. The maximum Gasteiger partial charge on any atom is 0.427 e. The Bertz CT molecular complexity index is 1190. The zero-order valence-electron chi connectivity index (χ0n) is 16.8. The van der Waals surface area contributed by atoms with Crippen molar-refractivity contribution in [1.29, 1.82) is 0 Å². The number of nitrogens with one attached hydrogen (secondary N) is 1. The van der Waals surface area contributed by atoms with Crippen LogP contribution in [0.5, 0.6) is 5.75 Å². The van der Waals surface area contributed by atoms with Gasteiger partial charge in [-0.05, 0) is 50.6 Å². The van der Waals surface area contributed by atoms with Crippen LogP contribution in [0, 0.1) is 0 Å². The number of aromatic nitrogens is 1. The molecule has 1 aliphatic rings. The highest BCUT2D eigenvalue weighted by molar-refractivity contribution is 6.36. The summed E-state index contributed by atoms with van der Waals surface area (Å²) in [5, 5.41) is 12.0. The number of para-hydroxylation sites is 1. The van der Waals surface area contributed by atoms with E-state index >= 15 is 0 Å². The maximum absolute atomic E-state index is 13.2. The van der Waals surface area contributed by atoms with E-state index in [4.69, 9.17) is 4.74 Å². The van der Waals surface area contributed by atoms with Crippen LogP contribution in [0.1, 0.15) is 31.9 Å². The number of fused-ring (bicyclic) bond motifs is 2. The van der Waals surface area contributed by atoms with Gasteiger partial charge in [0.1, 0.15) is 16.9 Å². The second-order valence-corrected chi connectivity index (χ2v) is 7.90. The number of amides is 2. The molecule has 2 heterocycles. The highest BCUT2D eigenvalue weighted by Gasteiger charge is 2.34. The van der Waals surface area contributed by atoms with Gasteiger partial charge in [-0.25, -0.2) is 15.2 Å². The summed E-state index contributed by atoms with van der Waals surface area (Å²) < 4.78 is 5.29. The minimum Gasteiger partial charge on any atom is -0.506 e. The van der Waals surface area contributed by atoms with E-state index in [1.807, 2.05) is 18.2 Å². The molecule has 0 saturated heterocycles. The van der Waals surface area contributed by atoms with Gasteiger partial charge in [-0.15, -0.1) is 0 Å². The highest BCUT2D eigenvalue weighted by atomic mass is 16.6. The average molecular weight is 403 g/mol. The largest absolute Gasteiger partial charge is 0.506 e. The van der Waals surface area contributed by atoms with Crippen molar-refractivity contribution in [3.05, 3.63) is 65.9 Å². The molecular formula is C23H21N3O4. The molecule has 0 aliphatic carbocycles. The monoisotopic (exact) mass is 403 g/mol. The van der Waals surface area contributed by atoms with Crippen molar-refractivity contribution in [3.63, 3.8) is 0 Å². The van der Waals surface area contributed by atoms with Crippen LogP contribution in [0.3, 0.4) is 0 Å². The van der Waals surface area contributed by atoms with Gasteiger partial charge >= 0.3 is 6.09 Å². The molecule has 7 nitrogen and oxygen atoms in total. The average Bonchev–Trinajstić information content (AvgIpc) is 2.95. The number of hydrogen-bond donors (Lipinski definition) is 2. The van der Waals surface area contributed by atoms with Gasteiger partial charge in [-0.1, -0.05) is 30.3 Å². The number of hydrazine groups is 1. The lowest BCUT2D eigenvalue weighted by Gasteiger charge is -2.23. The Hall–Kier alpha value is -3.87. The Balaban J connectivity index is 1.76. The number of anilines is 1. The number of pyridine rings is 1. The standard InChI is InChI=1S/C23H21N3O4/c1-23(2,3)30-22(29)25-26-18-9-5-4-7-16(18)17(21(26)28)13-14-10-11-19(27)20-15(14)8-6-12-24-20/h4-13,27H,1-3H3,(H,25,29). The van der Waals surface area contributed by atoms with Crippen LogP contribution in [0.4, 0.5) is 10.5 Å². The summed E-state index contributed by atoms with van der Waals surface area (Å²) in [5.41, 5.74) is 4.68. The summed E-state index contributed by atoms with van der Waals surface area (Å²) in [7, 11) is 0. The molecule has 2 aromatic carbocycles. The summed E-state index contributed by atoms with van der Waals surface area (Å²) in [6.45, 7) is 5.25. The summed E-state index contributed by atoms with van der Waals surface area (Å²) in [5.74, 6) is -0.314. The number of nitrogens with zero attached hydrogens (tertiary/aromatic N) is 2. The van der Waals surface area contributed by atoms with E-state index in [2.05, 4.69) is 10.4 Å². The van der Waals surface area contributed by atoms with Crippen molar-refractivity contribution < 1.29 is 19.4 Å². The summed E-state index contributed by atoms with van der Waals surface area (Å²) in [6, 6.07) is 14.1. The van der Waals surface area contributed by atoms with Crippen LogP contribution < -0.4 is 10.4 Å². The molecule has 0 atom stereocenters. The van der Waals surface area contributed by atoms with Crippen molar-refractivity contribution >= 4 is 40.2 Å². The van der Waals surface area contributed by atoms with Crippen LogP contribution in [0.25, 0.3) is 22.6 Å². The molecule has 7 heteroatoms. The second-order valence-electron chi connectivity index (χ2n) is 7.90. The third-order valence-corrected chi connectivity index (χ3v) is 4.55. The molecule has 30 heavy (non-hydrogen) atoms. The number of aromatic hydroxyl groups is 1. The van der Waals surface area contributed by atoms with E-state index in [0.29, 0.717) is 27.7 Å². The van der Waals surface area contributed by atoms with Crippen molar-refractivity contribution in [1.82, 2.24) is 10.4 Å². The van der Waals surface area contributed by atoms with Gasteiger partial charge in [0, 0.05) is 17.1 Å². The van der Waals surface area contributed by atoms with Gasteiger partial charge in [-0.3, -0.25) is 9.78 Å². The molecule has 0 bridgehead atoms. The van der Waals surface area contributed by atoms with Gasteiger partial charge in [0.25, 0.3) is 5.91 Å². The molecule has 152 valence electrons. The summed E-state index contributed by atoms with van der Waals surface area (Å²) >= 11 is 0. The van der Waals surface area contributed by atoms with Crippen molar-refractivity contribution in [2.75, 3.05) is 5.01 Å². The first-order valence-corrected chi connectivity index (χ1v) is 9.46. The highest BCUT2D eigenvalue weighted by Crippen LogP contribution is 2.38. The Kier molecular flexibility index (Phi) is 4.66. The molecular weight excluding hydrogens is 382 g/mol. The lowest BCUT2D eigenvalue weighted by molar-refractivity contribution is -0.113. The quantitative estimate of drug-likeness (QED) is 0.624. The molecule has 2 N–H and O–H groups in total. The van der Waals surface area contributed by atoms with E-state index in [0.717, 1.165) is 5.56 Å². The molecule has 0 saturated carbocycles. The molecule has 1 aliphatic heterocycles. The Morgan fingerprint density at radius 2 is 1.90 bits per heavy atom. The fourth-order valence-corrected chi connectivity index (χ4v) is 3.35. The molecule has 4 rings (SSSR count). The number of hydrogen-bond acceptors (Lipinski definition) is 5. The molecule has 2 amide bonds. The number of phenolic OH excluding ortho intramolecular Hbond substituents is 1.